The second kappa shape index (κ2) is 6.57. The summed E-state index contributed by atoms with van der Waals surface area (Å²) in [6.07, 6.45) is 5.87. The maximum atomic E-state index is 6.12. The average molecular weight is 276 g/mol. The highest BCUT2D eigenvalue weighted by Gasteiger charge is 2.32. The lowest BCUT2D eigenvalue weighted by molar-refractivity contribution is -0.0326. The van der Waals surface area contributed by atoms with Crippen LogP contribution in [0.5, 0.6) is 0 Å². The zero-order chi connectivity index (χ0) is 14.6. The number of nitrogens with one attached hydrogen (secondary N) is 1. The molecule has 3 nitrogen and oxygen atoms in total. The van der Waals surface area contributed by atoms with Crippen LogP contribution in [0.15, 0.2) is 18.3 Å². The largest absolute Gasteiger partial charge is 0.385 e. The molecular formula is C17H28N2O. The fraction of sp³-hybridized carbons (Fsp3) is 0.706. The lowest BCUT2D eigenvalue weighted by Crippen LogP contribution is -2.32. The zero-order valence-electron chi connectivity index (χ0n) is 13.3. The summed E-state index contributed by atoms with van der Waals surface area (Å²) in [5.74, 6) is 0.754. The molecule has 2 unspecified atom stereocenters. The van der Waals surface area contributed by atoms with Crippen LogP contribution < -0.4 is 5.32 Å². The summed E-state index contributed by atoms with van der Waals surface area (Å²) in [4.78, 5) is 4.40. The van der Waals surface area contributed by atoms with Gasteiger partial charge in [0, 0.05) is 18.4 Å². The lowest BCUT2D eigenvalue weighted by Gasteiger charge is -2.38. The number of pyridine rings is 1. The van der Waals surface area contributed by atoms with E-state index in [1.165, 1.54) is 12.8 Å². The topological polar surface area (TPSA) is 34.2 Å². The minimum absolute atomic E-state index is 0.373. The Morgan fingerprint density at radius 2 is 2.20 bits per heavy atom. The molecule has 0 saturated heterocycles. The van der Waals surface area contributed by atoms with Gasteiger partial charge >= 0.3 is 0 Å². The van der Waals surface area contributed by atoms with Crippen molar-refractivity contribution in [1.82, 2.24) is 4.98 Å². The molecule has 2 rings (SSSR count). The summed E-state index contributed by atoms with van der Waals surface area (Å²) in [5, 5.41) is 3.31. The number of hydrogen-bond acceptors (Lipinski definition) is 3. The van der Waals surface area contributed by atoms with Gasteiger partial charge in [0.2, 0.25) is 0 Å². The van der Waals surface area contributed by atoms with Crippen LogP contribution in [-0.4, -0.2) is 17.6 Å². The van der Waals surface area contributed by atoms with Crippen molar-refractivity contribution in [2.75, 3.05) is 11.9 Å². The predicted octanol–water partition coefficient (Wildman–Crippen LogP) is 4.24. The van der Waals surface area contributed by atoms with E-state index in [9.17, 15) is 0 Å². The Bertz CT molecular complexity index is 431. The van der Waals surface area contributed by atoms with Gasteiger partial charge in [-0.3, -0.25) is 4.98 Å². The van der Waals surface area contributed by atoms with Crippen molar-refractivity contribution in [3.05, 3.63) is 24.0 Å². The normalized spacial score (nSPS) is 25.4. The first-order chi connectivity index (χ1) is 9.48. The molecule has 0 spiro atoms. The van der Waals surface area contributed by atoms with E-state index in [1.54, 1.807) is 0 Å². The van der Waals surface area contributed by atoms with Crippen molar-refractivity contribution in [1.29, 1.82) is 0 Å². The zero-order valence-corrected chi connectivity index (χ0v) is 13.3. The van der Waals surface area contributed by atoms with Crippen molar-refractivity contribution >= 4 is 5.69 Å². The van der Waals surface area contributed by atoms with Crippen molar-refractivity contribution < 1.29 is 4.74 Å². The number of nitrogens with zero attached hydrogens (tertiary/aromatic N) is 1. The third-order valence-electron chi connectivity index (χ3n) is 4.01. The molecule has 1 N–H and O–H groups in total. The van der Waals surface area contributed by atoms with E-state index in [4.69, 9.17) is 4.74 Å². The van der Waals surface area contributed by atoms with Crippen molar-refractivity contribution in [2.45, 2.75) is 59.7 Å². The molecule has 0 bridgehead atoms. The van der Waals surface area contributed by atoms with Crippen LogP contribution in [0.2, 0.25) is 0 Å². The molecule has 2 atom stereocenters. The SMILES string of the molecule is CCNc1ccnc(COC2CC(C)CC(C)(C)C2)c1. The van der Waals surface area contributed by atoms with Gasteiger partial charge in [-0.15, -0.1) is 0 Å². The summed E-state index contributed by atoms with van der Waals surface area (Å²) >= 11 is 0. The van der Waals surface area contributed by atoms with Gasteiger partial charge in [0.15, 0.2) is 0 Å². The van der Waals surface area contributed by atoms with E-state index in [2.05, 4.69) is 44.1 Å². The molecule has 0 radical (unpaired) electrons. The van der Waals surface area contributed by atoms with E-state index < -0.39 is 0 Å². The summed E-state index contributed by atoms with van der Waals surface area (Å²) in [6.45, 7) is 10.7. The molecule has 112 valence electrons. The van der Waals surface area contributed by atoms with Crippen LogP contribution in [0, 0.1) is 11.3 Å². The van der Waals surface area contributed by atoms with E-state index in [-0.39, 0.29) is 0 Å². The van der Waals surface area contributed by atoms with Gasteiger partial charge in [0.1, 0.15) is 0 Å². The third-order valence-corrected chi connectivity index (χ3v) is 4.01. The van der Waals surface area contributed by atoms with Crippen LogP contribution in [0.1, 0.15) is 52.7 Å². The molecule has 1 aromatic rings. The van der Waals surface area contributed by atoms with Crippen LogP contribution in [0.4, 0.5) is 5.69 Å². The summed E-state index contributed by atoms with van der Waals surface area (Å²) in [7, 11) is 0. The first-order valence-corrected chi connectivity index (χ1v) is 7.79. The number of hydrogen-bond donors (Lipinski definition) is 1. The number of rotatable bonds is 5. The molecule has 1 aliphatic rings. The molecule has 1 heterocycles. The minimum atomic E-state index is 0.373. The smallest absolute Gasteiger partial charge is 0.0892 e. The molecule has 0 aromatic carbocycles. The average Bonchev–Trinajstić information content (AvgIpc) is 2.35. The highest BCUT2D eigenvalue weighted by atomic mass is 16.5. The molecule has 1 fully saturated rings. The van der Waals surface area contributed by atoms with E-state index in [0.717, 1.165) is 30.3 Å². The minimum Gasteiger partial charge on any atom is -0.385 e. The first-order valence-electron chi connectivity index (χ1n) is 7.79. The summed E-state index contributed by atoms with van der Waals surface area (Å²) < 4.78 is 6.12. The van der Waals surface area contributed by atoms with Crippen molar-refractivity contribution in [3.8, 4) is 0 Å². The Morgan fingerprint density at radius 1 is 1.40 bits per heavy atom. The Kier molecular flexibility index (Phi) is 5.03. The quantitative estimate of drug-likeness (QED) is 0.873. The Labute approximate surface area is 123 Å². The van der Waals surface area contributed by atoms with Gasteiger partial charge in [0.05, 0.1) is 18.4 Å². The molecule has 0 aliphatic heterocycles. The van der Waals surface area contributed by atoms with E-state index in [1.807, 2.05) is 12.3 Å². The monoisotopic (exact) mass is 276 g/mol. The standard InChI is InChI=1S/C17H28N2O/c1-5-18-14-6-7-19-15(9-14)12-20-16-8-13(2)10-17(3,4)11-16/h6-7,9,13,16H,5,8,10-12H2,1-4H3,(H,18,19). The predicted molar refractivity (Wildman–Crippen MR) is 83.8 cm³/mol. The first kappa shape index (κ1) is 15.3. The van der Waals surface area contributed by atoms with Gasteiger partial charge in [0.25, 0.3) is 0 Å². The molecule has 1 aromatic heterocycles. The van der Waals surface area contributed by atoms with Crippen LogP contribution >= 0.6 is 0 Å². The maximum Gasteiger partial charge on any atom is 0.0892 e. The van der Waals surface area contributed by atoms with Crippen molar-refractivity contribution in [3.63, 3.8) is 0 Å². The highest BCUT2D eigenvalue weighted by Crippen LogP contribution is 2.39. The number of aromatic nitrogens is 1. The molecule has 0 amide bonds. The summed E-state index contributed by atoms with van der Waals surface area (Å²) in [5.41, 5.74) is 2.54. The summed E-state index contributed by atoms with van der Waals surface area (Å²) in [6, 6.07) is 4.08. The van der Waals surface area contributed by atoms with Crippen LogP contribution in [-0.2, 0) is 11.3 Å². The molecular weight excluding hydrogens is 248 g/mol. The van der Waals surface area contributed by atoms with Gasteiger partial charge in [-0.2, -0.15) is 0 Å². The second-order valence-electron chi connectivity index (χ2n) is 6.91. The maximum absolute atomic E-state index is 6.12. The fourth-order valence-corrected chi connectivity index (χ4v) is 3.46. The Hall–Kier alpha value is -1.09. The molecule has 3 heteroatoms. The Balaban J connectivity index is 1.90. The van der Waals surface area contributed by atoms with E-state index >= 15 is 0 Å². The number of anilines is 1. The highest BCUT2D eigenvalue weighted by molar-refractivity contribution is 5.42. The fourth-order valence-electron chi connectivity index (χ4n) is 3.46. The molecule has 20 heavy (non-hydrogen) atoms. The molecule has 1 saturated carbocycles. The van der Waals surface area contributed by atoms with Crippen LogP contribution in [0.25, 0.3) is 0 Å². The second-order valence-corrected chi connectivity index (χ2v) is 6.91. The number of ether oxygens (including phenoxy) is 1. The third kappa shape index (κ3) is 4.48. The Morgan fingerprint density at radius 3 is 2.90 bits per heavy atom. The van der Waals surface area contributed by atoms with Crippen LogP contribution in [0.3, 0.4) is 0 Å². The van der Waals surface area contributed by atoms with Gasteiger partial charge in [-0.1, -0.05) is 20.8 Å². The molecule has 1 aliphatic carbocycles. The van der Waals surface area contributed by atoms with Gasteiger partial charge < -0.3 is 10.1 Å². The van der Waals surface area contributed by atoms with Gasteiger partial charge in [-0.25, -0.2) is 0 Å². The van der Waals surface area contributed by atoms with E-state index in [0.29, 0.717) is 18.1 Å². The lowest BCUT2D eigenvalue weighted by atomic mass is 9.71. The van der Waals surface area contributed by atoms with Gasteiger partial charge in [-0.05, 0) is 49.7 Å². The van der Waals surface area contributed by atoms with Crippen molar-refractivity contribution in [2.24, 2.45) is 11.3 Å².